The molecule has 0 heterocycles. The molecule has 0 saturated heterocycles. The standard InChI is InChI=1S/C46H88O6/c1-5-7-9-11-13-15-17-22-25-29-33-37-44(47)50-40-43(52-46(49)39-35-31-27-21-16-14-12-10-8-6-2)41-51-45(48)38-34-30-26-23-19-18-20-24-28-32-36-42(3)4/h42-43H,5-41H2,1-4H3/t43-/m1/s1. The van der Waals surface area contributed by atoms with Crippen LogP contribution in [0.15, 0.2) is 0 Å². The van der Waals surface area contributed by atoms with Crippen LogP contribution < -0.4 is 0 Å². The Labute approximate surface area is 323 Å². The van der Waals surface area contributed by atoms with Crippen LogP contribution in [0.1, 0.15) is 252 Å². The number of ether oxygens (including phenoxy) is 3. The molecule has 6 heteroatoms. The fourth-order valence-corrected chi connectivity index (χ4v) is 6.80. The van der Waals surface area contributed by atoms with Crippen molar-refractivity contribution in [1.29, 1.82) is 0 Å². The van der Waals surface area contributed by atoms with Crippen LogP contribution >= 0.6 is 0 Å². The second kappa shape index (κ2) is 40.6. The van der Waals surface area contributed by atoms with Gasteiger partial charge in [0.2, 0.25) is 0 Å². The molecule has 0 aliphatic rings. The minimum Gasteiger partial charge on any atom is -0.462 e. The van der Waals surface area contributed by atoms with Gasteiger partial charge in [-0.15, -0.1) is 0 Å². The van der Waals surface area contributed by atoms with E-state index in [0.717, 1.165) is 63.7 Å². The number of carbonyl (C=O) groups excluding carboxylic acids is 3. The third-order valence-electron chi connectivity index (χ3n) is 10.3. The van der Waals surface area contributed by atoms with Crippen molar-refractivity contribution in [2.45, 2.75) is 259 Å². The van der Waals surface area contributed by atoms with Crippen molar-refractivity contribution in [2.24, 2.45) is 5.92 Å². The van der Waals surface area contributed by atoms with Crippen LogP contribution in [0.3, 0.4) is 0 Å². The first-order valence-electron chi connectivity index (χ1n) is 22.9. The predicted molar refractivity (Wildman–Crippen MR) is 220 cm³/mol. The number of hydrogen-bond acceptors (Lipinski definition) is 6. The van der Waals surface area contributed by atoms with Gasteiger partial charge in [-0.1, -0.05) is 214 Å². The molecule has 0 aromatic heterocycles. The normalized spacial score (nSPS) is 11.9. The van der Waals surface area contributed by atoms with Gasteiger partial charge < -0.3 is 14.2 Å². The Kier molecular flexibility index (Phi) is 39.4. The van der Waals surface area contributed by atoms with Gasteiger partial charge in [-0.25, -0.2) is 0 Å². The number of hydrogen-bond donors (Lipinski definition) is 0. The first-order valence-corrected chi connectivity index (χ1v) is 22.9. The summed E-state index contributed by atoms with van der Waals surface area (Å²) in [5.74, 6) is -0.0371. The molecule has 0 saturated carbocycles. The molecule has 0 aliphatic carbocycles. The van der Waals surface area contributed by atoms with E-state index in [0.29, 0.717) is 19.3 Å². The molecule has 6 nitrogen and oxygen atoms in total. The number of rotatable bonds is 41. The quantitative estimate of drug-likeness (QED) is 0.0353. The molecule has 1 atom stereocenters. The summed E-state index contributed by atoms with van der Waals surface area (Å²) in [7, 11) is 0. The summed E-state index contributed by atoms with van der Waals surface area (Å²) < 4.78 is 16.7. The van der Waals surface area contributed by atoms with Gasteiger partial charge >= 0.3 is 17.9 Å². The van der Waals surface area contributed by atoms with E-state index in [2.05, 4.69) is 27.7 Å². The molecule has 0 aromatic carbocycles. The Balaban J connectivity index is 4.31. The molecule has 0 unspecified atom stereocenters. The van der Waals surface area contributed by atoms with Crippen LogP contribution in [0.2, 0.25) is 0 Å². The van der Waals surface area contributed by atoms with Crippen molar-refractivity contribution in [3.05, 3.63) is 0 Å². The molecule has 0 radical (unpaired) electrons. The van der Waals surface area contributed by atoms with Crippen molar-refractivity contribution in [1.82, 2.24) is 0 Å². The van der Waals surface area contributed by atoms with Gasteiger partial charge in [0.15, 0.2) is 6.10 Å². The first kappa shape index (κ1) is 50.4. The van der Waals surface area contributed by atoms with Gasteiger partial charge in [-0.2, -0.15) is 0 Å². The van der Waals surface area contributed by atoms with Gasteiger partial charge in [0.1, 0.15) is 13.2 Å². The Bertz CT molecular complexity index is 781. The highest BCUT2D eigenvalue weighted by molar-refractivity contribution is 5.71. The third kappa shape index (κ3) is 39.6. The van der Waals surface area contributed by atoms with Crippen LogP contribution in [-0.4, -0.2) is 37.2 Å². The summed E-state index contributed by atoms with van der Waals surface area (Å²) in [6.07, 6.45) is 39.4. The van der Waals surface area contributed by atoms with Gasteiger partial charge in [0.25, 0.3) is 0 Å². The van der Waals surface area contributed by atoms with E-state index in [-0.39, 0.29) is 31.1 Å². The molecule has 0 aliphatic heterocycles. The molecule has 0 amide bonds. The lowest BCUT2D eigenvalue weighted by Crippen LogP contribution is -2.30. The maximum Gasteiger partial charge on any atom is 0.306 e. The van der Waals surface area contributed by atoms with E-state index in [1.54, 1.807) is 0 Å². The lowest BCUT2D eigenvalue weighted by atomic mass is 10.0. The lowest BCUT2D eigenvalue weighted by Gasteiger charge is -2.18. The second-order valence-corrected chi connectivity index (χ2v) is 16.2. The first-order chi connectivity index (χ1) is 25.4. The summed E-state index contributed by atoms with van der Waals surface area (Å²) in [5.41, 5.74) is 0. The Morgan fingerprint density at radius 3 is 0.942 bits per heavy atom. The zero-order valence-electron chi connectivity index (χ0n) is 35.3. The molecule has 0 aromatic rings. The van der Waals surface area contributed by atoms with Crippen LogP contribution in [-0.2, 0) is 28.6 Å². The maximum absolute atomic E-state index is 12.7. The van der Waals surface area contributed by atoms with Gasteiger partial charge in [0.05, 0.1) is 0 Å². The Hall–Kier alpha value is -1.59. The van der Waals surface area contributed by atoms with E-state index in [9.17, 15) is 14.4 Å². The molecular formula is C46H88O6. The topological polar surface area (TPSA) is 78.9 Å². The predicted octanol–water partition coefficient (Wildman–Crippen LogP) is 14.3. The largest absolute Gasteiger partial charge is 0.462 e. The van der Waals surface area contributed by atoms with Crippen molar-refractivity contribution >= 4 is 17.9 Å². The minimum atomic E-state index is -0.758. The fraction of sp³-hybridized carbons (Fsp3) is 0.935. The highest BCUT2D eigenvalue weighted by Crippen LogP contribution is 2.16. The molecule has 52 heavy (non-hydrogen) atoms. The second-order valence-electron chi connectivity index (χ2n) is 16.2. The summed E-state index contributed by atoms with van der Waals surface area (Å²) >= 11 is 0. The van der Waals surface area contributed by atoms with E-state index < -0.39 is 6.10 Å². The third-order valence-corrected chi connectivity index (χ3v) is 10.3. The smallest absolute Gasteiger partial charge is 0.306 e. The monoisotopic (exact) mass is 737 g/mol. The fourth-order valence-electron chi connectivity index (χ4n) is 6.80. The Morgan fingerprint density at radius 1 is 0.365 bits per heavy atom. The van der Waals surface area contributed by atoms with Gasteiger partial charge in [0, 0.05) is 19.3 Å². The lowest BCUT2D eigenvalue weighted by molar-refractivity contribution is -0.167. The van der Waals surface area contributed by atoms with Gasteiger partial charge in [-0.3, -0.25) is 14.4 Å². The van der Waals surface area contributed by atoms with Crippen molar-refractivity contribution in [2.75, 3.05) is 13.2 Å². The summed E-state index contributed by atoms with van der Waals surface area (Å²) in [4.78, 5) is 37.7. The molecule has 0 spiro atoms. The van der Waals surface area contributed by atoms with Crippen LogP contribution in [0.4, 0.5) is 0 Å². The number of carbonyl (C=O) groups is 3. The Morgan fingerprint density at radius 2 is 0.635 bits per heavy atom. The summed E-state index contributed by atoms with van der Waals surface area (Å²) in [5, 5.41) is 0. The zero-order chi connectivity index (χ0) is 38.2. The SMILES string of the molecule is CCCCCCCCCCCCCC(=O)OC[C@H](COC(=O)CCCCCCCCCCCCC(C)C)OC(=O)CCCCCCCCCCCC. The molecule has 308 valence electrons. The highest BCUT2D eigenvalue weighted by atomic mass is 16.6. The van der Waals surface area contributed by atoms with E-state index in [1.165, 1.54) is 148 Å². The zero-order valence-corrected chi connectivity index (χ0v) is 35.3. The van der Waals surface area contributed by atoms with E-state index >= 15 is 0 Å². The summed E-state index contributed by atoms with van der Waals surface area (Å²) in [6.45, 7) is 8.97. The molecule has 0 N–H and O–H groups in total. The highest BCUT2D eigenvalue weighted by Gasteiger charge is 2.19. The molecule has 0 fully saturated rings. The number of esters is 3. The van der Waals surface area contributed by atoms with Crippen molar-refractivity contribution < 1.29 is 28.6 Å². The van der Waals surface area contributed by atoms with Crippen molar-refractivity contribution in [3.63, 3.8) is 0 Å². The van der Waals surface area contributed by atoms with Gasteiger partial charge in [-0.05, 0) is 25.2 Å². The molecular weight excluding hydrogens is 648 g/mol. The molecule has 0 rings (SSSR count). The van der Waals surface area contributed by atoms with Crippen LogP contribution in [0, 0.1) is 5.92 Å². The minimum absolute atomic E-state index is 0.0638. The molecule has 0 bridgehead atoms. The number of unbranched alkanes of at least 4 members (excludes halogenated alkanes) is 28. The average molecular weight is 737 g/mol. The van der Waals surface area contributed by atoms with Crippen LogP contribution in [0.5, 0.6) is 0 Å². The average Bonchev–Trinajstić information content (AvgIpc) is 3.12. The summed E-state index contributed by atoms with van der Waals surface area (Å²) in [6, 6.07) is 0. The van der Waals surface area contributed by atoms with E-state index in [1.807, 2.05) is 0 Å². The van der Waals surface area contributed by atoms with Crippen LogP contribution in [0.25, 0.3) is 0 Å². The van der Waals surface area contributed by atoms with E-state index in [4.69, 9.17) is 14.2 Å². The van der Waals surface area contributed by atoms with Crippen molar-refractivity contribution in [3.8, 4) is 0 Å². The maximum atomic E-state index is 12.7.